The average molecular weight is 420 g/mol. The number of sulfonamides is 1. The number of aliphatic hydroxyl groups is 1. The molecule has 2 atom stereocenters. The second-order valence-electron chi connectivity index (χ2n) is 7.62. The second-order valence-corrected chi connectivity index (χ2v) is 9.51. The maximum Gasteiger partial charge on any atom is 0.421 e. The van der Waals surface area contributed by atoms with Crippen LogP contribution in [0.25, 0.3) is 0 Å². The molecule has 0 radical (unpaired) electrons. The Kier molecular flexibility index (Phi) is 5.26. The van der Waals surface area contributed by atoms with Gasteiger partial charge < -0.3 is 10.0 Å². The predicted molar refractivity (Wildman–Crippen MR) is 94.7 cm³/mol. The van der Waals surface area contributed by atoms with Gasteiger partial charge in [-0.25, -0.2) is 8.42 Å². The number of piperazine rings is 1. The molecule has 1 aliphatic carbocycles. The number of benzene rings is 1. The van der Waals surface area contributed by atoms with Crippen LogP contribution in [0, 0.1) is 5.92 Å². The van der Waals surface area contributed by atoms with Crippen molar-refractivity contribution in [3.8, 4) is 0 Å². The summed E-state index contributed by atoms with van der Waals surface area (Å²) in [5.74, 6) is 0.118. The van der Waals surface area contributed by atoms with E-state index in [9.17, 15) is 31.5 Å². The van der Waals surface area contributed by atoms with Crippen molar-refractivity contribution >= 4 is 15.9 Å². The van der Waals surface area contributed by atoms with Crippen molar-refractivity contribution in [3.63, 3.8) is 0 Å². The minimum Gasteiger partial charge on any atom is -0.376 e. The summed E-state index contributed by atoms with van der Waals surface area (Å²) in [6.07, 6.45) is -3.13. The van der Waals surface area contributed by atoms with E-state index in [2.05, 4.69) is 0 Å². The number of rotatable bonds is 4. The highest BCUT2D eigenvalue weighted by atomic mass is 32.2. The molecule has 10 heteroatoms. The zero-order chi connectivity index (χ0) is 20.9. The van der Waals surface area contributed by atoms with E-state index >= 15 is 0 Å². The number of amides is 1. The van der Waals surface area contributed by atoms with Crippen molar-refractivity contribution in [1.29, 1.82) is 0 Å². The van der Waals surface area contributed by atoms with Gasteiger partial charge >= 0.3 is 6.18 Å². The highest BCUT2D eigenvalue weighted by Gasteiger charge is 2.51. The third-order valence-corrected chi connectivity index (χ3v) is 7.41. The summed E-state index contributed by atoms with van der Waals surface area (Å²) >= 11 is 0. The van der Waals surface area contributed by atoms with Crippen LogP contribution < -0.4 is 0 Å². The first-order valence-electron chi connectivity index (χ1n) is 9.06. The normalized spacial score (nSPS) is 24.1. The summed E-state index contributed by atoms with van der Waals surface area (Å²) in [5.41, 5.74) is -3.51. The molecule has 1 N–H and O–H groups in total. The van der Waals surface area contributed by atoms with Crippen LogP contribution in [0.1, 0.15) is 32.3 Å². The maximum atomic E-state index is 13.0. The van der Waals surface area contributed by atoms with E-state index < -0.39 is 33.4 Å². The quantitative estimate of drug-likeness (QED) is 0.809. The van der Waals surface area contributed by atoms with Crippen molar-refractivity contribution in [3.05, 3.63) is 29.8 Å². The van der Waals surface area contributed by atoms with Crippen LogP contribution in [0.15, 0.2) is 29.2 Å². The van der Waals surface area contributed by atoms with Crippen LogP contribution in [0.5, 0.6) is 0 Å². The van der Waals surface area contributed by atoms with Crippen LogP contribution in [0.4, 0.5) is 13.2 Å². The molecule has 1 amide bonds. The molecule has 1 aromatic carbocycles. The molecule has 1 aliphatic heterocycles. The molecule has 1 heterocycles. The molecule has 6 nitrogen and oxygen atoms in total. The van der Waals surface area contributed by atoms with Gasteiger partial charge in [0, 0.05) is 31.6 Å². The van der Waals surface area contributed by atoms with Crippen LogP contribution in [0.3, 0.4) is 0 Å². The molecule has 28 heavy (non-hydrogen) atoms. The Morgan fingerprint density at radius 3 is 2.18 bits per heavy atom. The SMILES string of the molecule is CC1CN(C(=O)C2CC2)CCN1S(=O)(=O)c1ccc(C(C)(O)C(F)(F)F)cc1. The third kappa shape index (κ3) is 3.77. The van der Waals surface area contributed by atoms with E-state index in [-0.39, 0.29) is 29.8 Å². The molecule has 1 aromatic rings. The fourth-order valence-electron chi connectivity index (χ4n) is 3.34. The van der Waals surface area contributed by atoms with E-state index in [1.165, 1.54) is 4.31 Å². The van der Waals surface area contributed by atoms with Crippen molar-refractivity contribution < 1.29 is 31.5 Å². The van der Waals surface area contributed by atoms with Gasteiger partial charge in [0.25, 0.3) is 0 Å². The topological polar surface area (TPSA) is 77.9 Å². The molecule has 1 saturated carbocycles. The van der Waals surface area contributed by atoms with Crippen LogP contribution in [-0.2, 0) is 20.4 Å². The Bertz CT molecular complexity index is 849. The molecule has 2 unspecified atom stereocenters. The fourth-order valence-corrected chi connectivity index (χ4v) is 4.95. The Balaban J connectivity index is 1.77. The van der Waals surface area contributed by atoms with Gasteiger partial charge in [0.05, 0.1) is 4.90 Å². The second kappa shape index (κ2) is 7.00. The number of alkyl halides is 3. The Morgan fingerprint density at radius 1 is 1.14 bits per heavy atom. The molecule has 0 aromatic heterocycles. The van der Waals surface area contributed by atoms with Crippen LogP contribution in [0.2, 0.25) is 0 Å². The standard InChI is InChI=1S/C18H23F3N2O4S/c1-12-11-22(16(24)13-3-4-13)9-10-23(12)28(26,27)15-7-5-14(6-8-15)17(2,25)18(19,20)21/h5-8,12-13,25H,3-4,9-11H2,1-2H3. The molecular formula is C18H23F3N2O4S. The van der Waals surface area contributed by atoms with Crippen molar-refractivity contribution in [1.82, 2.24) is 9.21 Å². The van der Waals surface area contributed by atoms with E-state index in [0.29, 0.717) is 13.5 Å². The van der Waals surface area contributed by atoms with Crippen molar-refractivity contribution in [2.24, 2.45) is 5.92 Å². The number of carbonyl (C=O) groups is 1. The minimum absolute atomic E-state index is 0.0580. The lowest BCUT2D eigenvalue weighted by Gasteiger charge is -2.39. The summed E-state index contributed by atoms with van der Waals surface area (Å²) in [4.78, 5) is 13.7. The predicted octanol–water partition coefficient (Wildman–Crippen LogP) is 2.09. The van der Waals surface area contributed by atoms with Gasteiger partial charge in [-0.15, -0.1) is 0 Å². The highest BCUT2D eigenvalue weighted by molar-refractivity contribution is 7.89. The Morgan fingerprint density at radius 2 is 1.71 bits per heavy atom. The van der Waals surface area contributed by atoms with Gasteiger partial charge in [-0.1, -0.05) is 12.1 Å². The number of hydrogen-bond acceptors (Lipinski definition) is 4. The van der Waals surface area contributed by atoms with Gasteiger partial charge in [0.1, 0.15) is 0 Å². The van der Waals surface area contributed by atoms with Gasteiger partial charge in [0.15, 0.2) is 5.60 Å². The smallest absolute Gasteiger partial charge is 0.376 e. The summed E-state index contributed by atoms with van der Waals surface area (Å²) < 4.78 is 65.9. The van der Waals surface area contributed by atoms with Gasteiger partial charge in [-0.2, -0.15) is 17.5 Å². The van der Waals surface area contributed by atoms with E-state index in [4.69, 9.17) is 0 Å². The lowest BCUT2D eigenvalue weighted by molar-refractivity contribution is -0.258. The molecular weight excluding hydrogens is 397 g/mol. The number of halogens is 3. The molecule has 0 spiro atoms. The van der Waals surface area contributed by atoms with E-state index in [1.807, 2.05) is 0 Å². The largest absolute Gasteiger partial charge is 0.421 e. The summed E-state index contributed by atoms with van der Waals surface area (Å²) in [6.45, 7) is 3.03. The summed E-state index contributed by atoms with van der Waals surface area (Å²) in [5, 5.41) is 9.72. The van der Waals surface area contributed by atoms with Gasteiger partial charge in [0.2, 0.25) is 15.9 Å². The Hall–Kier alpha value is -1.65. The molecule has 3 rings (SSSR count). The minimum atomic E-state index is -4.88. The first kappa shape index (κ1) is 21.1. The third-order valence-electron chi connectivity index (χ3n) is 5.38. The first-order valence-corrected chi connectivity index (χ1v) is 10.5. The van der Waals surface area contributed by atoms with Crippen LogP contribution in [-0.4, -0.2) is 60.5 Å². The molecule has 2 fully saturated rings. The molecule has 156 valence electrons. The summed E-state index contributed by atoms with van der Waals surface area (Å²) in [7, 11) is -3.93. The zero-order valence-electron chi connectivity index (χ0n) is 15.6. The number of hydrogen-bond donors (Lipinski definition) is 1. The Labute approximate surface area is 162 Å². The molecule has 1 saturated heterocycles. The number of nitrogens with zero attached hydrogens (tertiary/aromatic N) is 2. The monoisotopic (exact) mass is 420 g/mol. The highest BCUT2D eigenvalue weighted by Crippen LogP contribution is 2.39. The van der Waals surface area contributed by atoms with Crippen LogP contribution >= 0.6 is 0 Å². The van der Waals surface area contributed by atoms with Crippen molar-refractivity contribution in [2.45, 2.75) is 49.4 Å². The number of carbonyl (C=O) groups excluding carboxylic acids is 1. The first-order chi connectivity index (χ1) is 12.9. The van der Waals surface area contributed by atoms with Crippen molar-refractivity contribution in [2.75, 3.05) is 19.6 Å². The van der Waals surface area contributed by atoms with Gasteiger partial charge in [-0.05, 0) is 44.4 Å². The molecule has 0 bridgehead atoms. The summed E-state index contributed by atoms with van der Waals surface area (Å²) in [6, 6.07) is 3.63. The average Bonchev–Trinajstić information content (AvgIpc) is 3.45. The zero-order valence-corrected chi connectivity index (χ0v) is 16.4. The molecule has 2 aliphatic rings. The fraction of sp³-hybridized carbons (Fsp3) is 0.611. The maximum absolute atomic E-state index is 13.0. The lowest BCUT2D eigenvalue weighted by atomic mass is 9.96. The van der Waals surface area contributed by atoms with E-state index in [0.717, 1.165) is 37.1 Å². The van der Waals surface area contributed by atoms with Gasteiger partial charge in [-0.3, -0.25) is 4.79 Å². The van der Waals surface area contributed by atoms with E-state index in [1.54, 1.807) is 11.8 Å². The lowest BCUT2D eigenvalue weighted by Crippen LogP contribution is -2.55.